The molecule has 0 radical (unpaired) electrons. The lowest BCUT2D eigenvalue weighted by Gasteiger charge is -2.03. The molecule has 0 saturated heterocycles. The highest BCUT2D eigenvalue weighted by Crippen LogP contribution is 2.05. The van der Waals surface area contributed by atoms with Crippen molar-refractivity contribution in [1.29, 1.82) is 0 Å². The van der Waals surface area contributed by atoms with Crippen LogP contribution in [-0.2, 0) is 4.79 Å². The van der Waals surface area contributed by atoms with E-state index in [1.54, 1.807) is 0 Å². The second-order valence-corrected chi connectivity index (χ2v) is 3.20. The molecule has 3 N–H and O–H groups in total. The van der Waals surface area contributed by atoms with Gasteiger partial charge in [-0.25, -0.2) is 4.79 Å². The van der Waals surface area contributed by atoms with Crippen LogP contribution in [0.2, 0.25) is 0 Å². The van der Waals surface area contributed by atoms with E-state index in [1.807, 2.05) is 5.32 Å². The van der Waals surface area contributed by atoms with Crippen LogP contribution in [-0.4, -0.2) is 11.9 Å². The van der Waals surface area contributed by atoms with Crippen LogP contribution in [0.25, 0.3) is 0 Å². The predicted octanol–water partition coefficient (Wildman–Crippen LogP) is 1.01. The van der Waals surface area contributed by atoms with Gasteiger partial charge in [0.2, 0.25) is 5.91 Å². The number of primary amides is 1. The maximum absolute atomic E-state index is 10.8. The normalized spacial score (nSPS) is 9.92. The van der Waals surface area contributed by atoms with Crippen molar-refractivity contribution in [3.8, 4) is 0 Å². The van der Waals surface area contributed by atoms with Crippen LogP contribution in [0, 0.1) is 5.92 Å². The van der Waals surface area contributed by atoms with E-state index in [-0.39, 0.29) is 5.91 Å². The predicted molar refractivity (Wildman–Crippen MR) is 46.4 cm³/mol. The molecular weight excluding hydrogens is 156 g/mol. The van der Waals surface area contributed by atoms with Gasteiger partial charge in [0.15, 0.2) is 0 Å². The first-order chi connectivity index (χ1) is 5.52. The van der Waals surface area contributed by atoms with Gasteiger partial charge < -0.3 is 5.73 Å². The van der Waals surface area contributed by atoms with E-state index < -0.39 is 6.03 Å². The molecule has 12 heavy (non-hydrogen) atoms. The third-order valence-electron chi connectivity index (χ3n) is 1.45. The zero-order chi connectivity index (χ0) is 9.56. The van der Waals surface area contributed by atoms with Gasteiger partial charge in [0.25, 0.3) is 0 Å². The molecule has 4 heteroatoms. The lowest BCUT2D eigenvalue weighted by Crippen LogP contribution is -2.34. The molecule has 0 aromatic heterocycles. The lowest BCUT2D eigenvalue weighted by atomic mass is 10.1. The summed E-state index contributed by atoms with van der Waals surface area (Å²) in [4.78, 5) is 21.0. The Labute approximate surface area is 72.5 Å². The highest BCUT2D eigenvalue weighted by molar-refractivity contribution is 5.93. The Morgan fingerprint density at radius 2 is 2.00 bits per heavy atom. The fraction of sp³-hybridized carbons (Fsp3) is 0.750. The zero-order valence-corrected chi connectivity index (χ0v) is 7.59. The monoisotopic (exact) mass is 172 g/mol. The number of nitrogens with one attached hydrogen (secondary N) is 1. The van der Waals surface area contributed by atoms with Gasteiger partial charge in [0.1, 0.15) is 0 Å². The quantitative estimate of drug-likeness (QED) is 0.664. The second kappa shape index (κ2) is 5.57. The molecule has 0 saturated carbocycles. The first kappa shape index (κ1) is 10.9. The fourth-order valence-electron chi connectivity index (χ4n) is 0.871. The van der Waals surface area contributed by atoms with E-state index in [0.29, 0.717) is 12.3 Å². The largest absolute Gasteiger partial charge is 0.351 e. The Morgan fingerprint density at radius 3 is 2.42 bits per heavy atom. The lowest BCUT2D eigenvalue weighted by molar-refractivity contribution is -0.120. The average Bonchev–Trinajstić information content (AvgIpc) is 1.84. The Morgan fingerprint density at radius 1 is 1.42 bits per heavy atom. The van der Waals surface area contributed by atoms with Crippen molar-refractivity contribution in [3.05, 3.63) is 0 Å². The topological polar surface area (TPSA) is 72.2 Å². The molecule has 4 nitrogen and oxygen atoms in total. The van der Waals surface area contributed by atoms with Gasteiger partial charge in [-0.15, -0.1) is 0 Å². The molecule has 0 aliphatic carbocycles. The van der Waals surface area contributed by atoms with Gasteiger partial charge in [-0.1, -0.05) is 20.3 Å². The molecule has 0 bridgehead atoms. The van der Waals surface area contributed by atoms with Crippen LogP contribution >= 0.6 is 0 Å². The molecule has 0 heterocycles. The first-order valence-electron chi connectivity index (χ1n) is 4.11. The van der Waals surface area contributed by atoms with E-state index in [9.17, 15) is 9.59 Å². The summed E-state index contributed by atoms with van der Waals surface area (Å²) < 4.78 is 0. The summed E-state index contributed by atoms with van der Waals surface area (Å²) in [7, 11) is 0. The summed E-state index contributed by atoms with van der Waals surface area (Å²) in [6.45, 7) is 4.18. The molecule has 0 atom stereocenters. The van der Waals surface area contributed by atoms with Crippen molar-refractivity contribution in [1.82, 2.24) is 5.32 Å². The Kier molecular flexibility index (Phi) is 5.08. The number of carbonyl (C=O) groups is 2. The van der Waals surface area contributed by atoms with E-state index in [1.165, 1.54) is 0 Å². The van der Waals surface area contributed by atoms with Gasteiger partial charge in [-0.2, -0.15) is 0 Å². The highest BCUT2D eigenvalue weighted by Gasteiger charge is 2.03. The number of imide groups is 1. The molecule has 0 spiro atoms. The summed E-state index contributed by atoms with van der Waals surface area (Å²) in [6, 6.07) is -0.774. The summed E-state index contributed by atoms with van der Waals surface area (Å²) in [5, 5.41) is 2.02. The molecule has 3 amide bonds. The molecule has 0 unspecified atom stereocenters. The second-order valence-electron chi connectivity index (χ2n) is 3.20. The first-order valence-corrected chi connectivity index (χ1v) is 4.11. The minimum Gasteiger partial charge on any atom is -0.351 e. The Balaban J connectivity index is 3.38. The summed E-state index contributed by atoms with van der Waals surface area (Å²) in [5.74, 6) is 0.300. The minimum absolute atomic E-state index is 0.289. The molecular formula is C8H16N2O2. The molecule has 0 fully saturated rings. The number of urea groups is 1. The summed E-state index contributed by atoms with van der Waals surface area (Å²) >= 11 is 0. The van der Waals surface area contributed by atoms with Crippen molar-refractivity contribution in [2.24, 2.45) is 11.7 Å². The number of hydrogen-bond donors (Lipinski definition) is 2. The fourth-order valence-corrected chi connectivity index (χ4v) is 0.871. The van der Waals surface area contributed by atoms with Crippen molar-refractivity contribution in [3.63, 3.8) is 0 Å². The van der Waals surface area contributed by atoms with E-state index >= 15 is 0 Å². The number of nitrogens with two attached hydrogens (primary N) is 1. The van der Waals surface area contributed by atoms with Gasteiger partial charge >= 0.3 is 6.03 Å². The number of amides is 3. The van der Waals surface area contributed by atoms with Crippen LogP contribution in [0.5, 0.6) is 0 Å². The SMILES string of the molecule is CC(C)CCCC(=O)NC(N)=O. The average molecular weight is 172 g/mol. The maximum Gasteiger partial charge on any atom is 0.318 e. The van der Waals surface area contributed by atoms with Crippen LogP contribution in [0.4, 0.5) is 4.79 Å². The summed E-state index contributed by atoms with van der Waals surface area (Å²) in [6.07, 6.45) is 2.17. The molecule has 0 rings (SSSR count). The van der Waals surface area contributed by atoms with Crippen molar-refractivity contribution in [2.45, 2.75) is 33.1 Å². The van der Waals surface area contributed by atoms with E-state index in [2.05, 4.69) is 13.8 Å². The third kappa shape index (κ3) is 7.05. The Bertz CT molecular complexity index is 166. The molecule has 0 aliphatic rings. The van der Waals surface area contributed by atoms with E-state index in [4.69, 9.17) is 5.73 Å². The van der Waals surface area contributed by atoms with Crippen molar-refractivity contribution in [2.75, 3.05) is 0 Å². The van der Waals surface area contributed by atoms with Gasteiger partial charge in [-0.3, -0.25) is 10.1 Å². The van der Waals surface area contributed by atoms with Crippen LogP contribution in [0.1, 0.15) is 33.1 Å². The number of carbonyl (C=O) groups excluding carboxylic acids is 2. The van der Waals surface area contributed by atoms with Gasteiger partial charge in [-0.05, 0) is 12.3 Å². The number of rotatable bonds is 4. The molecule has 0 aliphatic heterocycles. The van der Waals surface area contributed by atoms with Crippen LogP contribution < -0.4 is 11.1 Å². The van der Waals surface area contributed by atoms with Crippen molar-refractivity contribution < 1.29 is 9.59 Å². The molecule has 70 valence electrons. The summed E-state index contributed by atoms with van der Waals surface area (Å²) in [5.41, 5.74) is 4.75. The van der Waals surface area contributed by atoms with Gasteiger partial charge in [0.05, 0.1) is 0 Å². The molecule has 0 aromatic rings. The minimum atomic E-state index is -0.774. The van der Waals surface area contributed by atoms with E-state index in [0.717, 1.165) is 12.8 Å². The van der Waals surface area contributed by atoms with Gasteiger partial charge in [0, 0.05) is 6.42 Å². The number of hydrogen-bond acceptors (Lipinski definition) is 2. The highest BCUT2D eigenvalue weighted by atomic mass is 16.2. The smallest absolute Gasteiger partial charge is 0.318 e. The maximum atomic E-state index is 10.8. The van der Waals surface area contributed by atoms with Crippen molar-refractivity contribution >= 4 is 11.9 Å². The van der Waals surface area contributed by atoms with Crippen LogP contribution in [0.3, 0.4) is 0 Å². The molecule has 0 aromatic carbocycles. The standard InChI is InChI=1S/C8H16N2O2/c1-6(2)4-3-5-7(11)10-8(9)12/h6H,3-5H2,1-2H3,(H3,9,10,11,12). The Hall–Kier alpha value is -1.06. The zero-order valence-electron chi connectivity index (χ0n) is 7.59. The van der Waals surface area contributed by atoms with Crippen LogP contribution in [0.15, 0.2) is 0 Å². The third-order valence-corrected chi connectivity index (χ3v) is 1.45.